The highest BCUT2D eigenvalue weighted by atomic mass is 16.5. The number of carbonyl (C=O) groups is 1. The first kappa shape index (κ1) is 11.4. The quantitative estimate of drug-likeness (QED) is 0.691. The Kier molecular flexibility index (Phi) is 2.65. The van der Waals surface area contributed by atoms with Crippen molar-refractivity contribution < 1.29 is 9.53 Å². The third kappa shape index (κ3) is 1.82. The smallest absolute Gasteiger partial charge is 0.234 e. The van der Waals surface area contributed by atoms with Crippen molar-refractivity contribution in [2.75, 3.05) is 17.7 Å². The molecule has 4 heteroatoms. The number of hydrogen-bond donors (Lipinski definition) is 2. The Morgan fingerprint density at radius 3 is 2.78 bits per heavy atom. The summed E-state index contributed by atoms with van der Waals surface area (Å²) in [5.74, 6) is 0.788. The van der Waals surface area contributed by atoms with Gasteiger partial charge >= 0.3 is 0 Å². The number of rotatable bonds is 0. The lowest BCUT2D eigenvalue weighted by molar-refractivity contribution is -0.128. The van der Waals surface area contributed by atoms with E-state index in [0.717, 1.165) is 31.4 Å². The van der Waals surface area contributed by atoms with Crippen LogP contribution in [0.15, 0.2) is 18.2 Å². The van der Waals surface area contributed by atoms with Gasteiger partial charge in [-0.25, -0.2) is 0 Å². The van der Waals surface area contributed by atoms with E-state index in [0.29, 0.717) is 18.0 Å². The molecule has 2 aliphatic rings. The van der Waals surface area contributed by atoms with Crippen LogP contribution in [-0.2, 0) is 4.79 Å². The Labute approximate surface area is 107 Å². The largest absolute Gasteiger partial charge is 0.490 e. The first-order chi connectivity index (χ1) is 8.70. The second-order valence-corrected chi connectivity index (χ2v) is 5.34. The van der Waals surface area contributed by atoms with Gasteiger partial charge in [0.15, 0.2) is 0 Å². The molecule has 3 N–H and O–H groups in total. The molecule has 0 aromatic heterocycles. The summed E-state index contributed by atoms with van der Waals surface area (Å²) in [5.41, 5.74) is 6.79. The lowest BCUT2D eigenvalue weighted by atomic mass is 9.74. The van der Waals surface area contributed by atoms with Gasteiger partial charge in [-0.2, -0.15) is 0 Å². The van der Waals surface area contributed by atoms with Gasteiger partial charge in [-0.3, -0.25) is 4.79 Å². The molecule has 1 spiro atoms. The number of anilines is 2. The minimum Gasteiger partial charge on any atom is -0.490 e. The molecule has 1 aromatic rings. The van der Waals surface area contributed by atoms with E-state index in [1.165, 1.54) is 6.42 Å². The van der Waals surface area contributed by atoms with Crippen molar-refractivity contribution in [3.8, 4) is 5.75 Å². The molecule has 96 valence electrons. The zero-order valence-electron chi connectivity index (χ0n) is 10.4. The van der Waals surface area contributed by atoms with Crippen LogP contribution >= 0.6 is 0 Å². The highest BCUT2D eigenvalue weighted by Crippen LogP contribution is 2.41. The van der Waals surface area contributed by atoms with Crippen molar-refractivity contribution in [1.29, 1.82) is 0 Å². The van der Waals surface area contributed by atoms with E-state index < -0.39 is 0 Å². The minimum absolute atomic E-state index is 0.103. The van der Waals surface area contributed by atoms with Gasteiger partial charge in [0.05, 0.1) is 11.1 Å². The number of nitrogens with one attached hydrogen (secondary N) is 1. The van der Waals surface area contributed by atoms with Crippen molar-refractivity contribution in [3.05, 3.63) is 18.2 Å². The number of amides is 1. The second kappa shape index (κ2) is 4.19. The van der Waals surface area contributed by atoms with Gasteiger partial charge in [0.25, 0.3) is 0 Å². The van der Waals surface area contributed by atoms with Crippen LogP contribution in [0.1, 0.15) is 32.1 Å². The van der Waals surface area contributed by atoms with Gasteiger partial charge in [0, 0.05) is 11.8 Å². The Morgan fingerprint density at radius 2 is 2.00 bits per heavy atom. The number of carbonyl (C=O) groups excluding carboxylic acids is 1. The van der Waals surface area contributed by atoms with Gasteiger partial charge in [-0.15, -0.1) is 0 Å². The van der Waals surface area contributed by atoms with Crippen LogP contribution in [0.2, 0.25) is 0 Å². The molecule has 0 atom stereocenters. The fourth-order valence-corrected chi connectivity index (χ4v) is 2.90. The molecule has 1 saturated carbocycles. The normalized spacial score (nSPS) is 21.7. The minimum atomic E-state index is -0.341. The standard InChI is InChI=1S/C14H18N2O2/c15-10-4-5-11-12(8-10)18-9-14(13(17)16-11)6-2-1-3-7-14/h4-5,8H,1-3,6-7,9,15H2,(H,16,17). The van der Waals surface area contributed by atoms with Crippen LogP contribution in [0, 0.1) is 5.41 Å². The van der Waals surface area contributed by atoms with Gasteiger partial charge in [-0.1, -0.05) is 19.3 Å². The number of nitrogen functional groups attached to an aromatic ring is 1. The molecular formula is C14H18N2O2. The second-order valence-electron chi connectivity index (χ2n) is 5.34. The van der Waals surface area contributed by atoms with Gasteiger partial charge in [0.1, 0.15) is 12.4 Å². The molecule has 0 bridgehead atoms. The molecule has 3 rings (SSSR count). The highest BCUT2D eigenvalue weighted by molar-refractivity contribution is 5.97. The zero-order valence-corrected chi connectivity index (χ0v) is 10.4. The van der Waals surface area contributed by atoms with E-state index in [1.807, 2.05) is 6.07 Å². The third-order valence-corrected chi connectivity index (χ3v) is 4.05. The van der Waals surface area contributed by atoms with Crippen LogP contribution in [-0.4, -0.2) is 12.5 Å². The summed E-state index contributed by atoms with van der Waals surface area (Å²) in [6.07, 6.45) is 5.27. The van der Waals surface area contributed by atoms with Gasteiger partial charge in [0.2, 0.25) is 5.91 Å². The van der Waals surface area contributed by atoms with Crippen molar-refractivity contribution in [2.24, 2.45) is 5.41 Å². The summed E-state index contributed by atoms with van der Waals surface area (Å²) in [7, 11) is 0. The van der Waals surface area contributed by atoms with Gasteiger partial charge < -0.3 is 15.8 Å². The van der Waals surface area contributed by atoms with E-state index >= 15 is 0 Å². The van der Waals surface area contributed by atoms with E-state index in [1.54, 1.807) is 12.1 Å². The fourth-order valence-electron chi connectivity index (χ4n) is 2.90. The molecule has 1 fully saturated rings. The molecule has 4 nitrogen and oxygen atoms in total. The lowest BCUT2D eigenvalue weighted by Gasteiger charge is -2.33. The summed E-state index contributed by atoms with van der Waals surface area (Å²) in [6, 6.07) is 5.36. The first-order valence-electron chi connectivity index (χ1n) is 6.53. The Morgan fingerprint density at radius 1 is 1.22 bits per heavy atom. The topological polar surface area (TPSA) is 64.3 Å². The molecule has 18 heavy (non-hydrogen) atoms. The maximum absolute atomic E-state index is 12.4. The predicted molar refractivity (Wildman–Crippen MR) is 70.5 cm³/mol. The summed E-state index contributed by atoms with van der Waals surface area (Å²) in [5, 5.41) is 2.99. The number of fused-ring (bicyclic) bond motifs is 1. The molecule has 1 aliphatic carbocycles. The lowest BCUT2D eigenvalue weighted by Crippen LogP contribution is -2.41. The van der Waals surface area contributed by atoms with Crippen molar-refractivity contribution in [1.82, 2.24) is 0 Å². The molecule has 0 saturated heterocycles. The van der Waals surface area contributed by atoms with E-state index in [2.05, 4.69) is 5.32 Å². The Bertz CT molecular complexity index is 479. The van der Waals surface area contributed by atoms with Gasteiger partial charge in [-0.05, 0) is 25.0 Å². The average molecular weight is 246 g/mol. The SMILES string of the molecule is Nc1ccc2c(c1)OCC1(CCCCC1)C(=O)N2. The third-order valence-electron chi connectivity index (χ3n) is 4.05. The fraction of sp³-hybridized carbons (Fsp3) is 0.500. The van der Waals surface area contributed by atoms with E-state index in [-0.39, 0.29) is 11.3 Å². The highest BCUT2D eigenvalue weighted by Gasteiger charge is 2.42. The molecule has 1 aromatic carbocycles. The monoisotopic (exact) mass is 246 g/mol. The average Bonchev–Trinajstić information content (AvgIpc) is 2.51. The van der Waals surface area contributed by atoms with Crippen molar-refractivity contribution in [3.63, 3.8) is 0 Å². The number of benzene rings is 1. The Hall–Kier alpha value is -1.71. The van der Waals surface area contributed by atoms with Crippen LogP contribution < -0.4 is 15.8 Å². The molecule has 1 amide bonds. The summed E-state index contributed by atoms with van der Waals surface area (Å²) in [6.45, 7) is 0.468. The first-order valence-corrected chi connectivity index (χ1v) is 6.53. The molecule has 0 unspecified atom stereocenters. The van der Waals surface area contributed by atoms with Crippen LogP contribution in [0.3, 0.4) is 0 Å². The van der Waals surface area contributed by atoms with Crippen LogP contribution in [0.4, 0.5) is 11.4 Å². The number of ether oxygens (including phenoxy) is 1. The molecule has 1 aliphatic heterocycles. The molecule has 1 heterocycles. The maximum Gasteiger partial charge on any atom is 0.234 e. The summed E-state index contributed by atoms with van der Waals surface area (Å²) in [4.78, 5) is 12.4. The molecule has 0 radical (unpaired) electrons. The van der Waals surface area contributed by atoms with Crippen LogP contribution in [0.5, 0.6) is 5.75 Å². The summed E-state index contributed by atoms with van der Waals surface area (Å²) < 4.78 is 5.83. The van der Waals surface area contributed by atoms with Crippen molar-refractivity contribution in [2.45, 2.75) is 32.1 Å². The zero-order chi connectivity index (χ0) is 12.6. The van der Waals surface area contributed by atoms with Crippen LogP contribution in [0.25, 0.3) is 0 Å². The predicted octanol–water partition coefficient (Wildman–Crippen LogP) is 2.55. The maximum atomic E-state index is 12.4. The van der Waals surface area contributed by atoms with Crippen molar-refractivity contribution >= 4 is 17.3 Å². The molecular weight excluding hydrogens is 228 g/mol. The van der Waals surface area contributed by atoms with E-state index in [4.69, 9.17) is 10.5 Å². The van der Waals surface area contributed by atoms with E-state index in [9.17, 15) is 4.79 Å². The number of nitrogens with two attached hydrogens (primary N) is 1. The Balaban J connectivity index is 1.92. The number of hydrogen-bond acceptors (Lipinski definition) is 3. The summed E-state index contributed by atoms with van der Waals surface area (Å²) >= 11 is 0.